The van der Waals surface area contributed by atoms with Crippen molar-refractivity contribution in [1.82, 2.24) is 19.9 Å². The summed E-state index contributed by atoms with van der Waals surface area (Å²) in [7, 11) is 0. The second-order valence-corrected chi connectivity index (χ2v) is 7.85. The summed E-state index contributed by atoms with van der Waals surface area (Å²) in [6.07, 6.45) is 7.42. The molecule has 3 fully saturated rings. The van der Waals surface area contributed by atoms with Gasteiger partial charge >= 0.3 is 5.97 Å². The lowest BCUT2D eigenvalue weighted by atomic mass is 9.61. The van der Waals surface area contributed by atoms with Crippen LogP contribution >= 0.6 is 0 Å². The molecule has 150 valence electrons. The first-order valence-electron chi connectivity index (χ1n) is 9.66. The van der Waals surface area contributed by atoms with Gasteiger partial charge in [-0.1, -0.05) is 0 Å². The topological polar surface area (TPSA) is 104 Å². The monoisotopic (exact) mass is 399 g/mol. The number of hydrogen-bond acceptors (Lipinski definition) is 5. The van der Waals surface area contributed by atoms with Gasteiger partial charge in [0.1, 0.15) is 17.2 Å². The number of nitrogens with one attached hydrogen (secondary N) is 2. The third-order valence-corrected chi connectivity index (χ3v) is 6.30. The van der Waals surface area contributed by atoms with Gasteiger partial charge in [0.25, 0.3) is 0 Å². The number of H-pyrrole nitrogens is 1. The van der Waals surface area contributed by atoms with Crippen molar-refractivity contribution in [3.8, 4) is 11.3 Å². The lowest BCUT2D eigenvalue weighted by Crippen LogP contribution is -2.51. The molecule has 29 heavy (non-hydrogen) atoms. The van der Waals surface area contributed by atoms with Gasteiger partial charge in [-0.25, -0.2) is 23.7 Å². The largest absolute Gasteiger partial charge is 0.481 e. The number of aromatic nitrogens is 4. The highest BCUT2D eigenvalue weighted by molar-refractivity contribution is 5.92. The zero-order valence-electron chi connectivity index (χ0n) is 15.4. The fraction of sp³-hybridized carbons (Fsp3) is 0.400. The highest BCUT2D eigenvalue weighted by Crippen LogP contribution is 2.46. The van der Waals surface area contributed by atoms with Crippen LogP contribution < -0.4 is 5.32 Å². The van der Waals surface area contributed by atoms with E-state index in [1.165, 1.54) is 12.3 Å². The second-order valence-electron chi connectivity index (χ2n) is 7.85. The summed E-state index contributed by atoms with van der Waals surface area (Å²) in [5.74, 6) is -1.98. The highest BCUT2D eigenvalue weighted by Gasteiger charge is 2.47. The Balaban J connectivity index is 1.51. The van der Waals surface area contributed by atoms with Crippen LogP contribution in [-0.4, -0.2) is 37.1 Å². The maximum absolute atomic E-state index is 14.5. The molecular weight excluding hydrogens is 380 g/mol. The normalized spacial score (nSPS) is 26.0. The Bertz CT molecular complexity index is 1090. The maximum atomic E-state index is 14.5. The zero-order chi connectivity index (χ0) is 20.1. The number of pyridine rings is 1. The van der Waals surface area contributed by atoms with E-state index in [1.807, 2.05) is 0 Å². The molecule has 0 radical (unpaired) electrons. The average molecular weight is 399 g/mol. The van der Waals surface area contributed by atoms with E-state index in [0.29, 0.717) is 16.6 Å². The van der Waals surface area contributed by atoms with Gasteiger partial charge in [0.2, 0.25) is 5.95 Å². The number of carboxylic acid groups (broad SMARTS) is 1. The van der Waals surface area contributed by atoms with E-state index in [4.69, 9.17) is 0 Å². The predicted molar refractivity (Wildman–Crippen MR) is 101 cm³/mol. The molecule has 3 saturated carbocycles. The van der Waals surface area contributed by atoms with Crippen LogP contribution in [-0.2, 0) is 4.79 Å². The van der Waals surface area contributed by atoms with Crippen LogP contribution in [0.2, 0.25) is 0 Å². The van der Waals surface area contributed by atoms with Crippen molar-refractivity contribution in [3.63, 3.8) is 0 Å². The second kappa shape index (κ2) is 6.75. The number of rotatable bonds is 4. The number of nitrogens with zero attached hydrogens (tertiary/aromatic N) is 3. The van der Waals surface area contributed by atoms with Crippen LogP contribution in [0.5, 0.6) is 0 Å². The molecule has 0 aliphatic heterocycles. The van der Waals surface area contributed by atoms with Crippen LogP contribution in [0.15, 0.2) is 24.7 Å². The van der Waals surface area contributed by atoms with Crippen molar-refractivity contribution in [2.24, 2.45) is 17.8 Å². The summed E-state index contributed by atoms with van der Waals surface area (Å²) in [4.78, 5) is 27.0. The minimum absolute atomic E-state index is 0.00833. The number of anilines is 1. The molecule has 0 aromatic carbocycles. The summed E-state index contributed by atoms with van der Waals surface area (Å²) < 4.78 is 28.2. The third-order valence-electron chi connectivity index (χ3n) is 6.30. The highest BCUT2D eigenvalue weighted by atomic mass is 19.1. The molecule has 3 heterocycles. The van der Waals surface area contributed by atoms with Gasteiger partial charge in [0.05, 0.1) is 18.3 Å². The molecule has 9 heteroatoms. The van der Waals surface area contributed by atoms with Crippen molar-refractivity contribution in [1.29, 1.82) is 0 Å². The van der Waals surface area contributed by atoms with Crippen molar-refractivity contribution in [2.45, 2.75) is 31.7 Å². The van der Waals surface area contributed by atoms with Crippen LogP contribution in [0, 0.1) is 29.4 Å². The summed E-state index contributed by atoms with van der Waals surface area (Å²) >= 11 is 0. The van der Waals surface area contributed by atoms with Gasteiger partial charge in [-0.15, -0.1) is 0 Å². The van der Waals surface area contributed by atoms with Crippen LogP contribution in [0.3, 0.4) is 0 Å². The van der Waals surface area contributed by atoms with Crippen molar-refractivity contribution >= 4 is 23.0 Å². The number of fused-ring (bicyclic) bond motifs is 4. The van der Waals surface area contributed by atoms with E-state index in [-0.39, 0.29) is 29.5 Å². The molecule has 3 aromatic rings. The summed E-state index contributed by atoms with van der Waals surface area (Å²) in [6, 6.07) is 0.976. The molecule has 6 rings (SSSR count). The Morgan fingerprint density at radius 3 is 2.66 bits per heavy atom. The van der Waals surface area contributed by atoms with Crippen LogP contribution in [0.4, 0.5) is 14.7 Å². The summed E-state index contributed by atoms with van der Waals surface area (Å²) in [6.45, 7) is 0. The molecule has 3 aliphatic carbocycles. The van der Waals surface area contributed by atoms with E-state index in [9.17, 15) is 18.7 Å². The van der Waals surface area contributed by atoms with Crippen molar-refractivity contribution in [3.05, 3.63) is 36.3 Å². The van der Waals surface area contributed by atoms with Crippen LogP contribution in [0.1, 0.15) is 25.7 Å². The predicted octanol–water partition coefficient (Wildman–Crippen LogP) is 3.60. The third kappa shape index (κ3) is 3.01. The standard InChI is InChI=1S/C20H19F2N5O2/c21-11-5-12-13(7-24-18(12)23-6-11)17-14(22)8-25-20(27-17)26-16-10-3-1-9(2-4-10)15(16)19(28)29/h5-10,15-16H,1-4H2,(H,23,24)(H,28,29)(H,25,26,27). The average Bonchev–Trinajstić information content (AvgIpc) is 3.13. The molecule has 3 aromatic heterocycles. The molecule has 0 spiro atoms. The lowest BCUT2D eigenvalue weighted by Gasteiger charge is -2.46. The van der Waals surface area contributed by atoms with Gasteiger partial charge < -0.3 is 15.4 Å². The fourth-order valence-electron chi connectivity index (χ4n) is 4.96. The van der Waals surface area contributed by atoms with Crippen molar-refractivity contribution < 1.29 is 18.7 Å². The summed E-state index contributed by atoms with van der Waals surface area (Å²) in [5.41, 5.74) is 0.799. The Kier molecular flexibility index (Phi) is 4.18. The minimum Gasteiger partial charge on any atom is -0.481 e. The summed E-state index contributed by atoms with van der Waals surface area (Å²) in [5, 5.41) is 13.3. The first-order valence-corrected chi connectivity index (χ1v) is 9.66. The zero-order valence-corrected chi connectivity index (χ0v) is 15.4. The van der Waals surface area contributed by atoms with Gasteiger partial charge in [-0.05, 0) is 43.6 Å². The molecule has 2 atom stereocenters. The fourth-order valence-corrected chi connectivity index (χ4v) is 4.96. The molecule has 2 bridgehead atoms. The Labute approximate surface area is 164 Å². The smallest absolute Gasteiger partial charge is 0.308 e. The van der Waals surface area contributed by atoms with E-state index in [2.05, 4.69) is 25.3 Å². The van der Waals surface area contributed by atoms with Gasteiger partial charge in [-0.3, -0.25) is 4.79 Å². The number of carboxylic acids is 1. The van der Waals surface area contributed by atoms with Crippen molar-refractivity contribution in [2.75, 3.05) is 5.32 Å². The molecule has 0 saturated heterocycles. The van der Waals surface area contributed by atoms with Gasteiger partial charge in [0.15, 0.2) is 5.82 Å². The maximum Gasteiger partial charge on any atom is 0.308 e. The molecule has 7 nitrogen and oxygen atoms in total. The minimum atomic E-state index is -0.822. The number of aromatic amines is 1. The van der Waals surface area contributed by atoms with E-state index in [0.717, 1.165) is 38.1 Å². The Hall–Kier alpha value is -3.10. The first-order chi connectivity index (χ1) is 14.0. The number of halogens is 2. The molecular formula is C20H19F2N5O2. The number of aliphatic carboxylic acids is 1. The van der Waals surface area contributed by atoms with E-state index < -0.39 is 23.5 Å². The molecule has 2 unspecified atom stereocenters. The van der Waals surface area contributed by atoms with Gasteiger partial charge in [-0.2, -0.15) is 0 Å². The number of hydrogen-bond donors (Lipinski definition) is 3. The van der Waals surface area contributed by atoms with Crippen LogP contribution in [0.25, 0.3) is 22.3 Å². The number of carbonyl (C=O) groups is 1. The van der Waals surface area contributed by atoms with E-state index in [1.54, 1.807) is 0 Å². The molecule has 0 amide bonds. The van der Waals surface area contributed by atoms with E-state index >= 15 is 0 Å². The first kappa shape index (κ1) is 18.0. The van der Waals surface area contributed by atoms with Gasteiger partial charge in [0, 0.05) is 23.2 Å². The molecule has 3 N–H and O–H groups in total. The SMILES string of the molecule is O=C(O)C1C2CCC(CC2)C1Nc1ncc(F)c(-c2c[nH]c3ncc(F)cc23)n1. The Morgan fingerprint density at radius 2 is 1.90 bits per heavy atom. The lowest BCUT2D eigenvalue weighted by molar-refractivity contribution is -0.148. The quantitative estimate of drug-likeness (QED) is 0.619. The molecule has 3 aliphatic rings. The Morgan fingerprint density at radius 1 is 1.14 bits per heavy atom.